The van der Waals surface area contributed by atoms with Gasteiger partial charge < -0.3 is 10.1 Å². The summed E-state index contributed by atoms with van der Waals surface area (Å²) in [6, 6.07) is 2.42. The molecule has 0 bridgehead atoms. The molecule has 1 aromatic rings. The van der Waals surface area contributed by atoms with Crippen molar-refractivity contribution in [3.05, 3.63) is 18.0 Å². The maximum atomic E-state index is 5.03. The number of hydrogen-bond donors (Lipinski definition) is 1. The molecule has 0 aliphatic heterocycles. The molecular weight excluding hydrogens is 178 g/mol. The molecule has 4 nitrogen and oxygen atoms in total. The predicted octanol–water partition coefficient (Wildman–Crippen LogP) is 1.11. The van der Waals surface area contributed by atoms with Crippen LogP contribution in [0, 0.1) is 0 Å². The monoisotopic (exact) mass is 197 g/mol. The summed E-state index contributed by atoms with van der Waals surface area (Å²) in [7, 11) is 5.68. The first-order valence-electron chi connectivity index (χ1n) is 4.93. The van der Waals surface area contributed by atoms with E-state index in [0.29, 0.717) is 6.04 Å². The lowest BCUT2D eigenvalue weighted by Crippen LogP contribution is -2.19. The number of hydrogen-bond acceptors (Lipinski definition) is 3. The molecule has 0 saturated heterocycles. The Balaban J connectivity index is 2.50. The molecule has 0 aromatic carbocycles. The van der Waals surface area contributed by atoms with Crippen molar-refractivity contribution in [2.45, 2.75) is 18.9 Å². The third-order valence-corrected chi connectivity index (χ3v) is 2.41. The summed E-state index contributed by atoms with van der Waals surface area (Å²) in [5, 5.41) is 7.45. The number of methoxy groups -OCH3 is 1. The largest absolute Gasteiger partial charge is 0.385 e. The van der Waals surface area contributed by atoms with E-state index >= 15 is 0 Å². The van der Waals surface area contributed by atoms with Gasteiger partial charge in [0.25, 0.3) is 0 Å². The minimum absolute atomic E-state index is 0.373. The lowest BCUT2D eigenvalue weighted by atomic mass is 10.1. The van der Waals surface area contributed by atoms with Crippen LogP contribution < -0.4 is 5.32 Å². The Bertz CT molecular complexity index is 260. The van der Waals surface area contributed by atoms with E-state index in [2.05, 4.69) is 10.4 Å². The Kier molecular flexibility index (Phi) is 4.62. The first-order valence-corrected chi connectivity index (χ1v) is 4.93. The van der Waals surface area contributed by atoms with Crippen molar-refractivity contribution >= 4 is 0 Å². The average Bonchev–Trinajstić information content (AvgIpc) is 2.60. The fourth-order valence-electron chi connectivity index (χ4n) is 1.60. The van der Waals surface area contributed by atoms with E-state index in [-0.39, 0.29) is 0 Å². The van der Waals surface area contributed by atoms with Gasteiger partial charge in [0, 0.05) is 33.0 Å². The van der Waals surface area contributed by atoms with Crippen molar-refractivity contribution < 1.29 is 4.74 Å². The zero-order valence-electron chi connectivity index (χ0n) is 9.16. The van der Waals surface area contributed by atoms with Crippen LogP contribution in [0.4, 0.5) is 0 Å². The van der Waals surface area contributed by atoms with Crippen LogP contribution in [0.2, 0.25) is 0 Å². The number of nitrogens with one attached hydrogen (secondary N) is 1. The predicted molar refractivity (Wildman–Crippen MR) is 56.1 cm³/mol. The molecule has 0 fully saturated rings. The lowest BCUT2D eigenvalue weighted by Gasteiger charge is -2.15. The SMILES string of the molecule is CNC(CCCOC)c1ccnn1C. The van der Waals surface area contributed by atoms with Crippen LogP contribution in [-0.2, 0) is 11.8 Å². The number of aryl methyl sites for hydroxylation is 1. The van der Waals surface area contributed by atoms with E-state index in [9.17, 15) is 0 Å². The van der Waals surface area contributed by atoms with Gasteiger partial charge in [0.15, 0.2) is 0 Å². The summed E-state index contributed by atoms with van der Waals surface area (Å²) in [5.74, 6) is 0. The standard InChI is InChI=1S/C10H19N3O/c1-11-9(5-4-8-14-3)10-6-7-12-13(10)2/h6-7,9,11H,4-5,8H2,1-3H3. The van der Waals surface area contributed by atoms with Gasteiger partial charge in [-0.2, -0.15) is 5.10 Å². The van der Waals surface area contributed by atoms with E-state index in [1.54, 1.807) is 7.11 Å². The van der Waals surface area contributed by atoms with Gasteiger partial charge in [-0.1, -0.05) is 0 Å². The summed E-state index contributed by atoms with van der Waals surface area (Å²) in [5.41, 5.74) is 1.23. The highest BCUT2D eigenvalue weighted by Crippen LogP contribution is 2.16. The van der Waals surface area contributed by atoms with Crippen LogP contribution in [0.15, 0.2) is 12.3 Å². The van der Waals surface area contributed by atoms with E-state index in [1.165, 1.54) is 5.69 Å². The normalized spacial score (nSPS) is 13.1. The molecule has 0 aliphatic carbocycles. The lowest BCUT2D eigenvalue weighted by molar-refractivity contribution is 0.189. The molecule has 1 N–H and O–H groups in total. The number of rotatable bonds is 6. The van der Waals surface area contributed by atoms with Crippen LogP contribution in [0.5, 0.6) is 0 Å². The molecule has 0 aliphatic rings. The van der Waals surface area contributed by atoms with E-state index in [0.717, 1.165) is 19.4 Å². The molecule has 0 spiro atoms. The highest BCUT2D eigenvalue weighted by atomic mass is 16.5. The van der Waals surface area contributed by atoms with Gasteiger partial charge in [0.05, 0.1) is 5.69 Å². The number of ether oxygens (including phenoxy) is 1. The second kappa shape index (κ2) is 5.78. The Morgan fingerprint density at radius 3 is 2.93 bits per heavy atom. The van der Waals surface area contributed by atoms with Crippen molar-refractivity contribution in [3.63, 3.8) is 0 Å². The third-order valence-electron chi connectivity index (χ3n) is 2.41. The Morgan fingerprint density at radius 1 is 1.64 bits per heavy atom. The molecule has 0 amide bonds. The minimum Gasteiger partial charge on any atom is -0.385 e. The van der Waals surface area contributed by atoms with E-state index < -0.39 is 0 Å². The average molecular weight is 197 g/mol. The Morgan fingerprint density at radius 2 is 2.43 bits per heavy atom. The van der Waals surface area contributed by atoms with Gasteiger partial charge in [0.1, 0.15) is 0 Å². The van der Waals surface area contributed by atoms with Crippen LogP contribution in [0.25, 0.3) is 0 Å². The van der Waals surface area contributed by atoms with Gasteiger partial charge in [-0.3, -0.25) is 4.68 Å². The topological polar surface area (TPSA) is 39.1 Å². The molecule has 1 unspecified atom stereocenters. The van der Waals surface area contributed by atoms with Crippen molar-refractivity contribution in [1.29, 1.82) is 0 Å². The summed E-state index contributed by atoms with van der Waals surface area (Å²) in [6.45, 7) is 0.816. The quantitative estimate of drug-likeness (QED) is 0.694. The van der Waals surface area contributed by atoms with Gasteiger partial charge in [0.2, 0.25) is 0 Å². The fourth-order valence-corrected chi connectivity index (χ4v) is 1.60. The molecule has 80 valence electrons. The molecule has 1 rings (SSSR count). The number of nitrogens with zero attached hydrogens (tertiary/aromatic N) is 2. The van der Waals surface area contributed by atoms with E-state index in [1.807, 2.05) is 31.0 Å². The maximum Gasteiger partial charge on any atom is 0.0550 e. The summed E-state index contributed by atoms with van der Waals surface area (Å²) in [4.78, 5) is 0. The first kappa shape index (κ1) is 11.2. The first-order chi connectivity index (χ1) is 6.79. The Labute approximate surface area is 85.3 Å². The van der Waals surface area contributed by atoms with Crippen molar-refractivity contribution in [1.82, 2.24) is 15.1 Å². The smallest absolute Gasteiger partial charge is 0.0550 e. The summed E-state index contributed by atoms with van der Waals surface area (Å²) >= 11 is 0. The van der Waals surface area contributed by atoms with E-state index in [4.69, 9.17) is 4.74 Å². The molecule has 1 heterocycles. The third kappa shape index (κ3) is 2.82. The van der Waals surface area contributed by atoms with Gasteiger partial charge >= 0.3 is 0 Å². The Hall–Kier alpha value is -0.870. The van der Waals surface area contributed by atoms with Crippen LogP contribution in [0.1, 0.15) is 24.6 Å². The molecule has 14 heavy (non-hydrogen) atoms. The molecule has 4 heteroatoms. The van der Waals surface area contributed by atoms with Crippen molar-refractivity contribution in [2.24, 2.45) is 7.05 Å². The molecule has 1 aromatic heterocycles. The zero-order chi connectivity index (χ0) is 10.4. The van der Waals surface area contributed by atoms with Gasteiger partial charge in [-0.05, 0) is 26.0 Å². The molecular formula is C10H19N3O. The second-order valence-electron chi connectivity index (χ2n) is 3.36. The van der Waals surface area contributed by atoms with Gasteiger partial charge in [-0.25, -0.2) is 0 Å². The molecule has 1 atom stereocenters. The van der Waals surface area contributed by atoms with Crippen LogP contribution in [0.3, 0.4) is 0 Å². The van der Waals surface area contributed by atoms with Crippen LogP contribution >= 0.6 is 0 Å². The van der Waals surface area contributed by atoms with Crippen molar-refractivity contribution in [2.75, 3.05) is 20.8 Å². The zero-order valence-corrected chi connectivity index (χ0v) is 9.16. The summed E-state index contributed by atoms with van der Waals surface area (Å²) < 4.78 is 6.94. The maximum absolute atomic E-state index is 5.03. The fraction of sp³-hybridized carbons (Fsp3) is 0.700. The second-order valence-corrected chi connectivity index (χ2v) is 3.36. The minimum atomic E-state index is 0.373. The highest BCUT2D eigenvalue weighted by molar-refractivity contribution is 5.06. The van der Waals surface area contributed by atoms with Gasteiger partial charge in [-0.15, -0.1) is 0 Å². The number of aromatic nitrogens is 2. The highest BCUT2D eigenvalue weighted by Gasteiger charge is 2.11. The summed E-state index contributed by atoms with van der Waals surface area (Å²) in [6.07, 6.45) is 3.97. The van der Waals surface area contributed by atoms with Crippen molar-refractivity contribution in [3.8, 4) is 0 Å². The molecule has 0 radical (unpaired) electrons. The molecule has 0 saturated carbocycles. The van der Waals surface area contributed by atoms with Crippen LogP contribution in [-0.4, -0.2) is 30.5 Å².